The lowest BCUT2D eigenvalue weighted by Crippen LogP contribution is -1.98. The third kappa shape index (κ3) is 3.37. The van der Waals surface area contributed by atoms with Crippen molar-refractivity contribution in [1.82, 2.24) is 15.0 Å². The van der Waals surface area contributed by atoms with Crippen molar-refractivity contribution < 1.29 is 19.7 Å². The van der Waals surface area contributed by atoms with Gasteiger partial charge in [-0.3, -0.25) is 0 Å². The molecule has 0 spiro atoms. The quantitative estimate of drug-likeness (QED) is 0.161. The topological polar surface area (TPSA) is 114 Å². The summed E-state index contributed by atoms with van der Waals surface area (Å²) in [5, 5.41) is 43.2. The molecule has 5 aromatic rings. The van der Waals surface area contributed by atoms with Crippen molar-refractivity contribution >= 4 is 50.3 Å². The van der Waals surface area contributed by atoms with Crippen LogP contribution in [0.4, 0.5) is 5.69 Å². The maximum absolute atomic E-state index is 10.7. The third-order valence-electron chi connectivity index (χ3n) is 4.90. The van der Waals surface area contributed by atoms with Crippen molar-refractivity contribution in [1.29, 1.82) is 0 Å². The van der Waals surface area contributed by atoms with Crippen molar-refractivity contribution in [2.45, 2.75) is 4.90 Å². The highest BCUT2D eigenvalue weighted by atomic mass is 32.2. The van der Waals surface area contributed by atoms with Crippen molar-refractivity contribution in [3.8, 4) is 11.4 Å². The van der Waals surface area contributed by atoms with Crippen LogP contribution in [0.25, 0.3) is 38.3 Å². The van der Waals surface area contributed by atoms with E-state index in [9.17, 15) is 5.11 Å². The van der Waals surface area contributed by atoms with E-state index in [-0.39, 0.29) is 11.4 Å². The number of fused-ring (bicyclic) bond motifs is 4. The summed E-state index contributed by atoms with van der Waals surface area (Å²) in [6, 6.07) is 19.1. The van der Waals surface area contributed by atoms with Gasteiger partial charge >= 0.3 is 0 Å². The van der Waals surface area contributed by atoms with Gasteiger partial charge in [-0.1, -0.05) is 35.4 Å². The molecule has 1 aromatic heterocycles. The number of hydrogen-bond donors (Lipinski definition) is 2. The Balaban J connectivity index is 1.67. The van der Waals surface area contributed by atoms with E-state index in [0.29, 0.717) is 33.4 Å². The minimum absolute atomic E-state index is 0.0664. The average Bonchev–Trinajstić information content (AvgIpc) is 3.24. The van der Waals surface area contributed by atoms with E-state index in [2.05, 4.69) is 29.8 Å². The maximum atomic E-state index is 10.7. The standard InChI is InChI=1S/C21H15N5O4S/c1-22-23-20-18(31-30-29-28)11-13-10-14(7-8-16(13)21(20)27)26-24-17-9-6-12-4-2-3-5-15(12)19(17)25-26/h2-11,27-28H,1H3. The minimum atomic E-state index is -0.0664. The number of aromatic nitrogens is 3. The smallest absolute Gasteiger partial charge is 0.152 e. The maximum Gasteiger partial charge on any atom is 0.152 e. The van der Waals surface area contributed by atoms with Gasteiger partial charge < -0.3 is 5.11 Å². The van der Waals surface area contributed by atoms with Crippen molar-refractivity contribution in [2.24, 2.45) is 10.2 Å². The van der Waals surface area contributed by atoms with Crippen LogP contribution in [0.2, 0.25) is 0 Å². The molecule has 31 heavy (non-hydrogen) atoms. The van der Waals surface area contributed by atoms with Gasteiger partial charge in [0.25, 0.3) is 0 Å². The third-order valence-corrected chi connectivity index (χ3v) is 5.52. The zero-order valence-corrected chi connectivity index (χ0v) is 16.9. The van der Waals surface area contributed by atoms with Crippen molar-refractivity contribution in [3.05, 3.63) is 60.7 Å². The lowest BCUT2D eigenvalue weighted by molar-refractivity contribution is -0.432. The highest BCUT2D eigenvalue weighted by Gasteiger charge is 2.16. The number of nitrogens with zero attached hydrogens (tertiary/aromatic N) is 5. The van der Waals surface area contributed by atoms with Crippen LogP contribution in [0, 0.1) is 0 Å². The van der Waals surface area contributed by atoms with Crippen LogP contribution in [0.15, 0.2) is 75.8 Å². The Morgan fingerprint density at radius 2 is 1.84 bits per heavy atom. The summed E-state index contributed by atoms with van der Waals surface area (Å²) in [5.41, 5.74) is 2.51. The summed E-state index contributed by atoms with van der Waals surface area (Å²) in [5.74, 6) is -0.0664. The number of phenolic OH excluding ortho intramolecular Hbond substituents is 1. The molecule has 2 N–H and O–H groups in total. The Hall–Kier alpha value is -3.57. The number of benzene rings is 4. The summed E-state index contributed by atoms with van der Waals surface area (Å²) in [4.78, 5) is 1.97. The van der Waals surface area contributed by atoms with E-state index in [4.69, 9.17) is 5.26 Å². The van der Waals surface area contributed by atoms with Crippen LogP contribution in [0.1, 0.15) is 0 Å². The van der Waals surface area contributed by atoms with Crippen LogP contribution < -0.4 is 0 Å². The number of aromatic hydroxyl groups is 1. The Bertz CT molecular complexity index is 1470. The van der Waals surface area contributed by atoms with E-state index in [0.717, 1.165) is 21.8 Å². The fraction of sp³-hybridized carbons (Fsp3) is 0.0476. The largest absolute Gasteiger partial charge is 0.505 e. The molecule has 10 heteroatoms. The van der Waals surface area contributed by atoms with Crippen LogP contribution in [0.5, 0.6) is 5.75 Å². The molecule has 0 amide bonds. The Labute approximate surface area is 179 Å². The SMILES string of the molecule is CN=Nc1c(SOOO)cc2cc(-n3nc4ccc5ccccc5c4n3)ccc2c1O. The molecule has 9 nitrogen and oxygen atoms in total. The van der Waals surface area contributed by atoms with Gasteiger partial charge in [-0.15, -0.1) is 14.5 Å². The molecular formula is C21H15N5O4S. The Morgan fingerprint density at radius 1 is 0.968 bits per heavy atom. The highest BCUT2D eigenvalue weighted by molar-refractivity contribution is 7.94. The zero-order valence-electron chi connectivity index (χ0n) is 16.1. The van der Waals surface area contributed by atoms with Crippen molar-refractivity contribution in [2.75, 3.05) is 7.05 Å². The second-order valence-electron chi connectivity index (χ2n) is 6.65. The summed E-state index contributed by atoms with van der Waals surface area (Å²) in [6.07, 6.45) is 0. The highest BCUT2D eigenvalue weighted by Crippen LogP contribution is 2.43. The summed E-state index contributed by atoms with van der Waals surface area (Å²) in [7, 11) is 1.49. The second-order valence-corrected chi connectivity index (χ2v) is 7.39. The molecular weight excluding hydrogens is 418 g/mol. The molecule has 0 aliphatic heterocycles. The van der Waals surface area contributed by atoms with Gasteiger partial charge in [0.1, 0.15) is 16.7 Å². The lowest BCUT2D eigenvalue weighted by atomic mass is 10.1. The first-order valence-corrected chi connectivity index (χ1v) is 9.93. The van der Waals surface area contributed by atoms with Gasteiger partial charge in [-0.25, -0.2) is 5.26 Å². The van der Waals surface area contributed by atoms with Gasteiger partial charge in [0.2, 0.25) is 0 Å². The van der Waals surface area contributed by atoms with Gasteiger partial charge in [-0.05, 0) is 41.1 Å². The monoisotopic (exact) mass is 433 g/mol. The molecule has 0 atom stereocenters. The number of phenols is 1. The molecule has 0 aliphatic rings. The number of hydrogen-bond acceptors (Lipinski definition) is 9. The number of rotatable bonds is 5. The average molecular weight is 433 g/mol. The molecule has 0 saturated heterocycles. The predicted octanol–water partition coefficient (Wildman–Crippen LogP) is 5.57. The Morgan fingerprint density at radius 3 is 2.68 bits per heavy atom. The van der Waals surface area contributed by atoms with Gasteiger partial charge in [-0.2, -0.15) is 15.0 Å². The summed E-state index contributed by atoms with van der Waals surface area (Å²) in [6.45, 7) is 0. The van der Waals surface area contributed by atoms with Crippen LogP contribution in [-0.4, -0.2) is 32.4 Å². The molecule has 5 rings (SSSR count). The molecule has 0 fully saturated rings. The van der Waals surface area contributed by atoms with Crippen molar-refractivity contribution in [3.63, 3.8) is 0 Å². The molecule has 0 radical (unpaired) electrons. The second kappa shape index (κ2) is 7.93. The lowest BCUT2D eigenvalue weighted by Gasteiger charge is -2.10. The zero-order chi connectivity index (χ0) is 21.4. The van der Waals surface area contributed by atoms with Crippen LogP contribution >= 0.6 is 12.0 Å². The van der Waals surface area contributed by atoms with Gasteiger partial charge in [0.15, 0.2) is 5.75 Å². The number of azo groups is 1. The van der Waals surface area contributed by atoms with Crippen LogP contribution in [0.3, 0.4) is 0 Å². The molecule has 1 heterocycles. The van der Waals surface area contributed by atoms with E-state index >= 15 is 0 Å². The van der Waals surface area contributed by atoms with E-state index in [1.807, 2.05) is 48.5 Å². The molecule has 4 aromatic carbocycles. The summed E-state index contributed by atoms with van der Waals surface area (Å²) >= 11 is 0.699. The molecule has 0 bridgehead atoms. The first-order valence-electron chi connectivity index (χ1n) is 9.19. The normalized spacial score (nSPS) is 11.9. The van der Waals surface area contributed by atoms with E-state index in [1.165, 1.54) is 7.05 Å². The fourth-order valence-corrected chi connectivity index (χ4v) is 4.03. The first kappa shape index (κ1) is 19.4. The first-order chi connectivity index (χ1) is 15.2. The van der Waals surface area contributed by atoms with Gasteiger partial charge in [0, 0.05) is 17.8 Å². The van der Waals surface area contributed by atoms with E-state index in [1.54, 1.807) is 16.9 Å². The molecule has 0 unspecified atom stereocenters. The Kier molecular flexibility index (Phi) is 4.96. The van der Waals surface area contributed by atoms with Crippen LogP contribution in [-0.2, 0) is 9.37 Å². The minimum Gasteiger partial charge on any atom is -0.505 e. The van der Waals surface area contributed by atoms with Gasteiger partial charge in [0.05, 0.1) is 22.6 Å². The molecule has 0 saturated carbocycles. The predicted molar refractivity (Wildman–Crippen MR) is 117 cm³/mol. The molecule has 154 valence electrons. The fourth-order valence-electron chi connectivity index (χ4n) is 3.54. The summed E-state index contributed by atoms with van der Waals surface area (Å²) < 4.78 is 4.54. The molecule has 0 aliphatic carbocycles. The van der Waals surface area contributed by atoms with E-state index < -0.39 is 0 Å².